The van der Waals surface area contributed by atoms with Gasteiger partial charge in [-0.25, -0.2) is 0 Å². The van der Waals surface area contributed by atoms with E-state index in [1.807, 2.05) is 18.2 Å². The molecule has 2 aliphatic rings. The van der Waals surface area contributed by atoms with Crippen molar-refractivity contribution < 1.29 is 13.2 Å². The van der Waals surface area contributed by atoms with Gasteiger partial charge in [0.25, 0.3) is 0 Å². The van der Waals surface area contributed by atoms with Gasteiger partial charge in [-0.2, -0.15) is 13.2 Å². The van der Waals surface area contributed by atoms with Gasteiger partial charge in [0.15, 0.2) is 5.96 Å². The SMILES string of the molecule is CN=C(NC1CCN(CC(F)(F)F)C1)NC1CCN(c2ccccc2)C1. The van der Waals surface area contributed by atoms with Crippen LogP contribution in [0.5, 0.6) is 0 Å². The molecule has 1 aromatic carbocycles. The second-order valence-electron chi connectivity index (χ2n) is 6.96. The summed E-state index contributed by atoms with van der Waals surface area (Å²) in [5.41, 5.74) is 1.21. The van der Waals surface area contributed by atoms with E-state index in [1.54, 1.807) is 7.05 Å². The Bertz CT molecular complexity index is 605. The molecule has 26 heavy (non-hydrogen) atoms. The average Bonchev–Trinajstić information content (AvgIpc) is 3.23. The number of benzene rings is 1. The number of anilines is 1. The first-order chi connectivity index (χ1) is 12.4. The van der Waals surface area contributed by atoms with E-state index in [-0.39, 0.29) is 12.1 Å². The van der Waals surface area contributed by atoms with E-state index in [0.29, 0.717) is 25.5 Å². The maximum absolute atomic E-state index is 12.5. The van der Waals surface area contributed by atoms with Crippen LogP contribution in [0, 0.1) is 0 Å². The molecule has 0 saturated carbocycles. The third-order valence-corrected chi connectivity index (χ3v) is 4.89. The van der Waals surface area contributed by atoms with Gasteiger partial charge >= 0.3 is 6.18 Å². The van der Waals surface area contributed by atoms with Gasteiger partial charge in [-0.15, -0.1) is 0 Å². The standard InChI is InChI=1S/C18H26F3N5/c1-22-17(23-14-7-9-25(11-14)13-18(19,20)21)24-15-8-10-26(12-15)16-5-3-2-4-6-16/h2-6,14-15H,7-13H2,1H3,(H2,22,23,24). The largest absolute Gasteiger partial charge is 0.401 e. The molecule has 0 spiro atoms. The molecule has 1 aromatic rings. The number of aliphatic imine (C=N–C) groups is 1. The Balaban J connectivity index is 1.46. The zero-order chi connectivity index (χ0) is 18.6. The maximum atomic E-state index is 12.5. The summed E-state index contributed by atoms with van der Waals surface area (Å²) in [6.07, 6.45) is -2.45. The predicted octanol–water partition coefficient (Wildman–Crippen LogP) is 2.07. The number of hydrogen-bond acceptors (Lipinski definition) is 3. The molecule has 5 nitrogen and oxygen atoms in total. The van der Waals surface area contributed by atoms with Crippen LogP contribution in [0.15, 0.2) is 35.3 Å². The van der Waals surface area contributed by atoms with Crippen LogP contribution in [0.4, 0.5) is 18.9 Å². The highest BCUT2D eigenvalue weighted by molar-refractivity contribution is 5.80. The molecule has 2 atom stereocenters. The molecule has 2 N–H and O–H groups in total. The van der Waals surface area contributed by atoms with Gasteiger partial charge in [-0.1, -0.05) is 18.2 Å². The van der Waals surface area contributed by atoms with Crippen LogP contribution in [0.25, 0.3) is 0 Å². The number of guanidine groups is 1. The Morgan fingerprint density at radius 1 is 1.08 bits per heavy atom. The summed E-state index contributed by atoms with van der Waals surface area (Å²) in [6, 6.07) is 10.5. The Labute approximate surface area is 152 Å². The molecule has 2 fully saturated rings. The van der Waals surface area contributed by atoms with Gasteiger partial charge in [0.1, 0.15) is 0 Å². The van der Waals surface area contributed by atoms with E-state index in [4.69, 9.17) is 0 Å². The molecule has 0 aliphatic carbocycles. The molecule has 0 bridgehead atoms. The number of rotatable bonds is 4. The summed E-state index contributed by atoms with van der Waals surface area (Å²) in [5, 5.41) is 6.69. The van der Waals surface area contributed by atoms with Crippen molar-refractivity contribution in [1.29, 1.82) is 0 Å². The topological polar surface area (TPSA) is 42.9 Å². The Hall–Kier alpha value is -1.96. The van der Waals surface area contributed by atoms with Crippen LogP contribution < -0.4 is 15.5 Å². The van der Waals surface area contributed by atoms with Gasteiger partial charge in [0, 0.05) is 51.0 Å². The molecule has 2 saturated heterocycles. The lowest BCUT2D eigenvalue weighted by Gasteiger charge is -2.22. The van der Waals surface area contributed by atoms with E-state index in [9.17, 15) is 13.2 Å². The first kappa shape index (κ1) is 18.8. The molecule has 0 radical (unpaired) electrons. The first-order valence-electron chi connectivity index (χ1n) is 9.02. The molecule has 3 rings (SSSR count). The van der Waals surface area contributed by atoms with Crippen LogP contribution in [0.1, 0.15) is 12.8 Å². The minimum Gasteiger partial charge on any atom is -0.369 e. The summed E-state index contributed by atoms with van der Waals surface area (Å²) in [6.45, 7) is 1.86. The number of nitrogens with one attached hydrogen (secondary N) is 2. The number of alkyl halides is 3. The van der Waals surface area contributed by atoms with E-state index >= 15 is 0 Å². The molecule has 0 amide bonds. The van der Waals surface area contributed by atoms with Crippen molar-refractivity contribution in [2.75, 3.05) is 44.7 Å². The van der Waals surface area contributed by atoms with Crippen LogP contribution >= 0.6 is 0 Å². The second kappa shape index (κ2) is 8.16. The van der Waals surface area contributed by atoms with Crippen LogP contribution in [0.3, 0.4) is 0 Å². The minimum absolute atomic E-state index is 0.00446. The van der Waals surface area contributed by atoms with Crippen molar-refractivity contribution >= 4 is 11.6 Å². The highest BCUT2D eigenvalue weighted by atomic mass is 19.4. The quantitative estimate of drug-likeness (QED) is 0.630. The summed E-state index contributed by atoms with van der Waals surface area (Å²) in [7, 11) is 1.70. The van der Waals surface area contributed by atoms with E-state index in [1.165, 1.54) is 10.6 Å². The average molecular weight is 369 g/mol. The number of likely N-dealkylation sites (tertiary alicyclic amines) is 1. The summed E-state index contributed by atoms with van der Waals surface area (Å²) >= 11 is 0. The maximum Gasteiger partial charge on any atom is 0.401 e. The normalized spacial score (nSPS) is 24.9. The number of halogens is 3. The zero-order valence-corrected chi connectivity index (χ0v) is 15.0. The van der Waals surface area contributed by atoms with Crippen molar-refractivity contribution in [3.05, 3.63) is 30.3 Å². The van der Waals surface area contributed by atoms with Gasteiger partial charge in [-0.05, 0) is 25.0 Å². The summed E-state index contributed by atoms with van der Waals surface area (Å²) in [4.78, 5) is 8.01. The fourth-order valence-corrected chi connectivity index (χ4v) is 3.66. The third-order valence-electron chi connectivity index (χ3n) is 4.89. The number of para-hydroxylation sites is 1. The molecule has 2 heterocycles. The smallest absolute Gasteiger partial charge is 0.369 e. The van der Waals surface area contributed by atoms with Crippen LogP contribution in [-0.4, -0.2) is 68.9 Å². The summed E-state index contributed by atoms with van der Waals surface area (Å²) in [5.74, 6) is 0.670. The molecule has 2 unspecified atom stereocenters. The van der Waals surface area contributed by atoms with Crippen molar-refractivity contribution in [3.63, 3.8) is 0 Å². The molecule has 8 heteroatoms. The number of nitrogens with zero attached hydrogens (tertiary/aromatic N) is 3. The van der Waals surface area contributed by atoms with E-state index < -0.39 is 12.7 Å². The number of hydrogen-bond donors (Lipinski definition) is 2. The lowest BCUT2D eigenvalue weighted by molar-refractivity contribution is -0.143. The molecule has 0 aromatic heterocycles. The Kier molecular flexibility index (Phi) is 5.90. The monoisotopic (exact) mass is 369 g/mol. The highest BCUT2D eigenvalue weighted by Crippen LogP contribution is 2.21. The van der Waals surface area contributed by atoms with E-state index in [0.717, 1.165) is 19.5 Å². The Morgan fingerprint density at radius 3 is 2.38 bits per heavy atom. The fourth-order valence-electron chi connectivity index (χ4n) is 3.66. The minimum atomic E-state index is -4.14. The Morgan fingerprint density at radius 2 is 1.73 bits per heavy atom. The van der Waals surface area contributed by atoms with Crippen molar-refractivity contribution in [2.24, 2.45) is 4.99 Å². The van der Waals surface area contributed by atoms with Crippen molar-refractivity contribution in [1.82, 2.24) is 15.5 Å². The summed E-state index contributed by atoms with van der Waals surface area (Å²) < 4.78 is 37.5. The first-order valence-corrected chi connectivity index (χ1v) is 9.02. The lowest BCUT2D eigenvalue weighted by atomic mass is 10.2. The molecule has 144 valence electrons. The van der Waals surface area contributed by atoms with Gasteiger partial charge < -0.3 is 15.5 Å². The van der Waals surface area contributed by atoms with Gasteiger partial charge in [0.2, 0.25) is 0 Å². The fraction of sp³-hybridized carbons (Fsp3) is 0.611. The van der Waals surface area contributed by atoms with Crippen LogP contribution in [-0.2, 0) is 0 Å². The van der Waals surface area contributed by atoms with Crippen molar-refractivity contribution in [2.45, 2.75) is 31.1 Å². The van der Waals surface area contributed by atoms with E-state index in [2.05, 4.69) is 32.7 Å². The second-order valence-corrected chi connectivity index (χ2v) is 6.96. The third kappa shape index (κ3) is 5.27. The van der Waals surface area contributed by atoms with Crippen LogP contribution in [0.2, 0.25) is 0 Å². The molecule has 2 aliphatic heterocycles. The zero-order valence-electron chi connectivity index (χ0n) is 15.0. The van der Waals surface area contributed by atoms with Crippen molar-refractivity contribution in [3.8, 4) is 0 Å². The van der Waals surface area contributed by atoms with Gasteiger partial charge in [-0.3, -0.25) is 9.89 Å². The van der Waals surface area contributed by atoms with Gasteiger partial charge in [0.05, 0.1) is 6.54 Å². The molecular weight excluding hydrogens is 343 g/mol. The molecular formula is C18H26F3N5. The highest BCUT2D eigenvalue weighted by Gasteiger charge is 2.34. The predicted molar refractivity (Wildman–Crippen MR) is 97.6 cm³/mol. The lowest BCUT2D eigenvalue weighted by Crippen LogP contribution is -2.49.